The first kappa shape index (κ1) is 23.7. The van der Waals surface area contributed by atoms with E-state index in [4.69, 9.17) is 17.0 Å². The van der Waals surface area contributed by atoms with Crippen molar-refractivity contribution in [2.45, 2.75) is 6.92 Å². The summed E-state index contributed by atoms with van der Waals surface area (Å²) in [5.74, 6) is 0. The van der Waals surface area contributed by atoms with E-state index in [-0.39, 0.29) is 0 Å². The maximum Gasteiger partial charge on any atom is -0.0771 e. The number of halogens is 2. The summed E-state index contributed by atoms with van der Waals surface area (Å²) in [6.07, 6.45) is 0. The molecular weight excluding hydrogens is 498 g/mol. The van der Waals surface area contributed by atoms with Gasteiger partial charge in [0.05, 0.1) is 0 Å². The summed E-state index contributed by atoms with van der Waals surface area (Å²) in [5, 5.41) is 10.8. The zero-order valence-electron chi connectivity index (χ0n) is 17.4. The van der Waals surface area contributed by atoms with Gasteiger partial charge in [-0.15, -0.1) is 79.5 Å². The Morgan fingerprint density at radius 1 is 0.484 bits per heavy atom. The molecule has 0 amide bonds. The Balaban J connectivity index is 0.000000146. The van der Waals surface area contributed by atoms with Crippen LogP contribution in [-0.2, 0) is 20.8 Å². The molecule has 6 aromatic rings. The Bertz CT molecular complexity index is 1150. The molecule has 6 rings (SSSR count). The van der Waals surface area contributed by atoms with Gasteiger partial charge in [0.2, 0.25) is 0 Å². The van der Waals surface area contributed by atoms with E-state index in [2.05, 4.69) is 116 Å². The molecule has 3 heteroatoms. The topological polar surface area (TPSA) is 0 Å². The molecule has 156 valence electrons. The van der Waals surface area contributed by atoms with Crippen LogP contribution in [0.2, 0.25) is 0 Å². The van der Waals surface area contributed by atoms with Crippen LogP contribution in [-0.4, -0.2) is 0 Å². The van der Waals surface area contributed by atoms with Crippen molar-refractivity contribution in [1.29, 1.82) is 0 Å². The third kappa shape index (κ3) is 5.66. The summed E-state index contributed by atoms with van der Waals surface area (Å²) < 4.78 is 0. The summed E-state index contributed by atoms with van der Waals surface area (Å²) in [7, 11) is 9.87. The number of fused-ring (bicyclic) bond motifs is 6. The second kappa shape index (κ2) is 12.2. The van der Waals surface area contributed by atoms with E-state index in [1.54, 1.807) is 6.92 Å². The molecule has 0 fully saturated rings. The van der Waals surface area contributed by atoms with Gasteiger partial charge >= 0.3 is 37.9 Å². The molecule has 0 bridgehead atoms. The molecule has 0 spiro atoms. The van der Waals surface area contributed by atoms with E-state index in [0.29, 0.717) is 0 Å². The summed E-state index contributed by atoms with van der Waals surface area (Å²) >= 11 is -0.826. The van der Waals surface area contributed by atoms with Crippen molar-refractivity contribution in [2.75, 3.05) is 0 Å². The van der Waals surface area contributed by atoms with Gasteiger partial charge < -0.3 is 6.92 Å². The Morgan fingerprint density at radius 2 is 0.677 bits per heavy atom. The van der Waals surface area contributed by atoms with Gasteiger partial charge in [-0.05, 0) is 0 Å². The monoisotopic (exact) mass is 519 g/mol. The maximum absolute atomic E-state index is 4.93. The van der Waals surface area contributed by atoms with Gasteiger partial charge in [-0.2, -0.15) is 6.92 Å². The predicted molar refractivity (Wildman–Crippen MR) is 137 cm³/mol. The molecular formula is C28H23Cl2Zr-3. The van der Waals surface area contributed by atoms with Gasteiger partial charge in [0.15, 0.2) is 0 Å². The minimum Gasteiger partial charge on any atom is -0.126 e. The molecule has 0 atom stereocenters. The molecule has 0 radical (unpaired) electrons. The minimum atomic E-state index is -0.826. The van der Waals surface area contributed by atoms with Crippen molar-refractivity contribution in [3.63, 3.8) is 0 Å². The molecule has 0 N–H and O–H groups in total. The Kier molecular flexibility index (Phi) is 9.35. The van der Waals surface area contributed by atoms with Gasteiger partial charge in [0, 0.05) is 0 Å². The minimum absolute atomic E-state index is 0.826. The summed E-state index contributed by atoms with van der Waals surface area (Å²) in [5.41, 5.74) is 0. The van der Waals surface area contributed by atoms with Gasteiger partial charge in [-0.25, -0.2) is 0 Å². The van der Waals surface area contributed by atoms with Crippen LogP contribution in [0.15, 0.2) is 109 Å². The number of hydrogen-bond acceptors (Lipinski definition) is 0. The van der Waals surface area contributed by atoms with Crippen molar-refractivity contribution >= 4 is 60.1 Å². The van der Waals surface area contributed by atoms with Crippen LogP contribution < -0.4 is 0 Å². The van der Waals surface area contributed by atoms with Crippen molar-refractivity contribution in [3.05, 3.63) is 116 Å². The van der Waals surface area contributed by atoms with Crippen LogP contribution >= 0.6 is 17.0 Å². The van der Waals surface area contributed by atoms with E-state index >= 15 is 0 Å². The number of hydrogen-bond donors (Lipinski definition) is 0. The zero-order chi connectivity index (χ0) is 22.1. The quantitative estimate of drug-likeness (QED) is 0.175. The second-order valence-corrected chi connectivity index (χ2v) is 10.4. The molecule has 0 heterocycles. The normalized spacial score (nSPS) is 9.94. The van der Waals surface area contributed by atoms with Crippen molar-refractivity contribution in [1.82, 2.24) is 0 Å². The maximum atomic E-state index is 4.93. The molecule has 0 aliphatic carbocycles. The van der Waals surface area contributed by atoms with Crippen LogP contribution in [0, 0.1) is 6.92 Å². The van der Waals surface area contributed by atoms with Crippen LogP contribution in [0.3, 0.4) is 0 Å². The summed E-state index contributed by atoms with van der Waals surface area (Å²) in [4.78, 5) is 0. The fraction of sp³-hybridized carbons (Fsp3) is 0.0357. The average molecular weight is 522 g/mol. The van der Waals surface area contributed by atoms with Crippen LogP contribution in [0.1, 0.15) is 6.92 Å². The van der Waals surface area contributed by atoms with Crippen molar-refractivity contribution < 1.29 is 20.8 Å². The van der Waals surface area contributed by atoms with E-state index in [9.17, 15) is 0 Å². The standard InChI is InChI=1S/2C13H9.C2H5.2ClH.Zr/c2*1-3-7-12-10(5-1)9-11-6-2-4-8-13(11)12;1-2;;;/h2*1-9H;1H2,2H3;2*1H;/q3*-1;;;+2/p-2. The molecule has 0 saturated carbocycles. The van der Waals surface area contributed by atoms with Crippen molar-refractivity contribution in [2.24, 2.45) is 0 Å². The van der Waals surface area contributed by atoms with Crippen LogP contribution in [0.5, 0.6) is 0 Å². The van der Waals surface area contributed by atoms with Crippen LogP contribution in [0.25, 0.3) is 43.1 Å². The molecule has 0 nitrogen and oxygen atoms in total. The van der Waals surface area contributed by atoms with E-state index in [0.717, 1.165) is 0 Å². The largest absolute Gasteiger partial charge is 0.126 e. The second-order valence-electron chi connectivity index (χ2n) is 6.71. The van der Waals surface area contributed by atoms with Crippen molar-refractivity contribution in [3.8, 4) is 0 Å². The number of rotatable bonds is 0. The SMILES string of the molecule is [CH2-]C.[Cl][Zr][Cl].c1ccc2c(c1)[cH-]c1ccccc12.c1ccc2c(c1)[cH-]c1ccccc12. The van der Waals surface area contributed by atoms with Gasteiger partial charge in [0.25, 0.3) is 0 Å². The molecule has 0 saturated heterocycles. The molecule has 6 aromatic carbocycles. The smallest absolute Gasteiger partial charge is 0.0771 e. The van der Waals surface area contributed by atoms with E-state index in [1.165, 1.54) is 43.1 Å². The fourth-order valence-electron chi connectivity index (χ4n) is 3.81. The molecule has 0 aliphatic rings. The average Bonchev–Trinajstić information content (AvgIpc) is 3.40. The van der Waals surface area contributed by atoms with Crippen LogP contribution in [0.4, 0.5) is 0 Å². The fourth-order valence-corrected chi connectivity index (χ4v) is 3.81. The van der Waals surface area contributed by atoms with E-state index in [1.807, 2.05) is 0 Å². The summed E-state index contributed by atoms with van der Waals surface area (Å²) in [6.45, 7) is 5.00. The first-order valence-electron chi connectivity index (χ1n) is 10.0. The molecule has 0 unspecified atom stereocenters. The molecule has 0 aromatic heterocycles. The predicted octanol–water partition coefficient (Wildman–Crippen LogP) is 9.64. The van der Waals surface area contributed by atoms with E-state index < -0.39 is 20.8 Å². The molecule has 31 heavy (non-hydrogen) atoms. The Morgan fingerprint density at radius 3 is 0.903 bits per heavy atom. The Hall–Kier alpha value is -1.92. The zero-order valence-corrected chi connectivity index (χ0v) is 21.3. The first-order valence-corrected chi connectivity index (χ1v) is 16.4. The third-order valence-electron chi connectivity index (χ3n) is 5.05. The first-order chi connectivity index (χ1) is 15.3. The van der Waals surface area contributed by atoms with Gasteiger partial charge in [-0.1, -0.05) is 72.8 Å². The van der Waals surface area contributed by atoms with Gasteiger partial charge in [0.1, 0.15) is 0 Å². The molecule has 0 aliphatic heterocycles. The number of benzene rings is 4. The summed E-state index contributed by atoms with van der Waals surface area (Å²) in [6, 6.07) is 38.5. The Labute approximate surface area is 202 Å². The van der Waals surface area contributed by atoms with Gasteiger partial charge in [-0.3, -0.25) is 0 Å². The third-order valence-corrected chi connectivity index (χ3v) is 5.05.